The van der Waals surface area contributed by atoms with Crippen molar-refractivity contribution in [2.45, 2.75) is 25.3 Å². The van der Waals surface area contributed by atoms with E-state index in [4.69, 9.17) is 0 Å². The fourth-order valence-corrected chi connectivity index (χ4v) is 2.75. The first-order valence-corrected chi connectivity index (χ1v) is 7.82. The quantitative estimate of drug-likeness (QED) is 0.878. The smallest absolute Gasteiger partial charge is 0.261 e. The number of benzene rings is 1. The number of aryl methyl sites for hydroxylation is 1. The number of hydrogen-bond donors (Lipinski definition) is 2. The molecule has 0 saturated carbocycles. The first kappa shape index (κ1) is 15.0. The molecular weight excluding hydrogens is 292 g/mol. The average Bonchev–Trinajstić information content (AvgIpc) is 2.85. The van der Waals surface area contributed by atoms with Gasteiger partial charge in [-0.1, -0.05) is 0 Å². The van der Waals surface area contributed by atoms with Crippen molar-refractivity contribution in [3.63, 3.8) is 0 Å². The van der Waals surface area contributed by atoms with Crippen LogP contribution < -0.4 is 10.0 Å². The van der Waals surface area contributed by atoms with Gasteiger partial charge in [0, 0.05) is 25.4 Å². The van der Waals surface area contributed by atoms with E-state index in [0.717, 1.165) is 0 Å². The maximum absolute atomic E-state index is 12.2. The lowest BCUT2D eigenvalue weighted by molar-refractivity contribution is -0.114. The van der Waals surface area contributed by atoms with Crippen molar-refractivity contribution in [2.24, 2.45) is 0 Å². The molecule has 112 valence electrons. The Morgan fingerprint density at radius 1 is 1.24 bits per heavy atom. The number of rotatable bonds is 5. The van der Waals surface area contributed by atoms with Crippen LogP contribution >= 0.6 is 0 Å². The number of aromatic nitrogens is 2. The van der Waals surface area contributed by atoms with E-state index >= 15 is 0 Å². The highest BCUT2D eigenvalue weighted by molar-refractivity contribution is 7.92. The molecule has 0 aliphatic heterocycles. The first-order chi connectivity index (χ1) is 9.90. The van der Waals surface area contributed by atoms with Gasteiger partial charge >= 0.3 is 0 Å². The summed E-state index contributed by atoms with van der Waals surface area (Å²) in [7, 11) is -3.67. The monoisotopic (exact) mass is 308 g/mol. The Morgan fingerprint density at radius 2 is 1.90 bits per heavy atom. The molecule has 1 aromatic heterocycles. The molecule has 8 heteroatoms. The molecule has 0 atom stereocenters. The van der Waals surface area contributed by atoms with E-state index < -0.39 is 10.0 Å². The summed E-state index contributed by atoms with van der Waals surface area (Å²) in [6.45, 7) is 3.96. The van der Waals surface area contributed by atoms with Crippen LogP contribution in [0.15, 0.2) is 41.6 Å². The summed E-state index contributed by atoms with van der Waals surface area (Å²) in [5, 5.41) is 6.58. The zero-order valence-electron chi connectivity index (χ0n) is 11.7. The second kappa shape index (κ2) is 5.96. The molecule has 1 amide bonds. The third-order valence-electron chi connectivity index (χ3n) is 2.69. The SMILES string of the molecule is CCn1cc(NS(=O)(=O)c2ccc(NC(C)=O)cc2)cn1. The minimum atomic E-state index is -3.67. The summed E-state index contributed by atoms with van der Waals surface area (Å²) in [6, 6.07) is 5.92. The number of hydrogen-bond acceptors (Lipinski definition) is 4. The largest absolute Gasteiger partial charge is 0.326 e. The van der Waals surface area contributed by atoms with Gasteiger partial charge in [0.2, 0.25) is 5.91 Å². The first-order valence-electron chi connectivity index (χ1n) is 6.33. The van der Waals surface area contributed by atoms with Gasteiger partial charge in [-0.05, 0) is 31.2 Å². The molecule has 7 nitrogen and oxygen atoms in total. The molecule has 1 heterocycles. The summed E-state index contributed by atoms with van der Waals surface area (Å²) in [5.41, 5.74) is 0.947. The lowest BCUT2D eigenvalue weighted by Gasteiger charge is -2.07. The summed E-state index contributed by atoms with van der Waals surface area (Å²) in [5.74, 6) is -0.212. The standard InChI is InChI=1S/C13H16N4O3S/c1-3-17-9-12(8-14-17)16-21(19,20)13-6-4-11(5-7-13)15-10(2)18/h4-9,16H,3H2,1-2H3,(H,15,18). The molecule has 0 fully saturated rings. The van der Waals surface area contributed by atoms with Crippen molar-refractivity contribution in [3.8, 4) is 0 Å². The highest BCUT2D eigenvalue weighted by Gasteiger charge is 2.15. The Bertz CT molecular complexity index is 735. The van der Waals surface area contributed by atoms with Gasteiger partial charge in [-0.3, -0.25) is 14.2 Å². The summed E-state index contributed by atoms with van der Waals surface area (Å²) >= 11 is 0. The Balaban J connectivity index is 2.17. The number of nitrogens with one attached hydrogen (secondary N) is 2. The second-order valence-corrected chi connectivity index (χ2v) is 6.08. The topological polar surface area (TPSA) is 93.1 Å². The van der Waals surface area contributed by atoms with E-state index in [1.165, 1.54) is 37.4 Å². The van der Waals surface area contributed by atoms with Crippen LogP contribution in [-0.2, 0) is 21.4 Å². The number of anilines is 2. The Morgan fingerprint density at radius 3 is 2.43 bits per heavy atom. The molecular formula is C13H16N4O3S. The summed E-state index contributed by atoms with van der Waals surface area (Å²) in [6.07, 6.45) is 3.07. The van der Waals surface area contributed by atoms with E-state index in [0.29, 0.717) is 17.9 Å². The Labute approximate surface area is 123 Å². The predicted octanol–water partition coefficient (Wildman–Crippen LogP) is 1.66. The Hall–Kier alpha value is -2.35. The molecule has 2 rings (SSSR count). The van der Waals surface area contributed by atoms with Crippen molar-refractivity contribution in [3.05, 3.63) is 36.7 Å². The van der Waals surface area contributed by atoms with E-state index in [1.54, 1.807) is 10.9 Å². The van der Waals surface area contributed by atoms with Crippen LogP contribution in [0, 0.1) is 0 Å². The van der Waals surface area contributed by atoms with Crippen molar-refractivity contribution in [2.75, 3.05) is 10.0 Å². The van der Waals surface area contributed by atoms with Crippen LogP contribution in [-0.4, -0.2) is 24.1 Å². The van der Waals surface area contributed by atoms with Crippen LogP contribution in [0.4, 0.5) is 11.4 Å². The molecule has 0 radical (unpaired) electrons. The van der Waals surface area contributed by atoms with Gasteiger partial charge in [-0.25, -0.2) is 8.42 Å². The lowest BCUT2D eigenvalue weighted by atomic mass is 10.3. The van der Waals surface area contributed by atoms with Gasteiger partial charge in [-0.2, -0.15) is 5.10 Å². The van der Waals surface area contributed by atoms with Gasteiger partial charge < -0.3 is 5.32 Å². The maximum atomic E-state index is 12.2. The molecule has 0 bridgehead atoms. The van der Waals surface area contributed by atoms with Gasteiger partial charge in [-0.15, -0.1) is 0 Å². The van der Waals surface area contributed by atoms with Crippen molar-refractivity contribution >= 4 is 27.3 Å². The zero-order valence-corrected chi connectivity index (χ0v) is 12.5. The van der Waals surface area contributed by atoms with Gasteiger partial charge in [0.05, 0.1) is 16.8 Å². The van der Waals surface area contributed by atoms with Crippen LogP contribution in [0.1, 0.15) is 13.8 Å². The van der Waals surface area contributed by atoms with E-state index in [2.05, 4.69) is 15.1 Å². The van der Waals surface area contributed by atoms with E-state index in [-0.39, 0.29) is 10.8 Å². The molecule has 0 spiro atoms. The predicted molar refractivity (Wildman–Crippen MR) is 79.5 cm³/mol. The molecule has 0 aliphatic carbocycles. The molecule has 2 aromatic rings. The Kier molecular flexibility index (Phi) is 4.27. The van der Waals surface area contributed by atoms with Gasteiger partial charge in [0.15, 0.2) is 0 Å². The van der Waals surface area contributed by atoms with Crippen LogP contribution in [0.5, 0.6) is 0 Å². The normalized spacial score (nSPS) is 11.1. The number of carbonyl (C=O) groups is 1. The number of amides is 1. The van der Waals surface area contributed by atoms with Gasteiger partial charge in [0.1, 0.15) is 0 Å². The third-order valence-corrected chi connectivity index (χ3v) is 4.09. The van der Waals surface area contributed by atoms with Crippen molar-refractivity contribution in [1.29, 1.82) is 0 Å². The van der Waals surface area contributed by atoms with Crippen LogP contribution in [0.2, 0.25) is 0 Å². The molecule has 2 N–H and O–H groups in total. The maximum Gasteiger partial charge on any atom is 0.261 e. The highest BCUT2D eigenvalue weighted by Crippen LogP contribution is 2.17. The molecule has 1 aromatic carbocycles. The number of carbonyl (C=O) groups excluding carboxylic acids is 1. The number of sulfonamides is 1. The minimum absolute atomic E-state index is 0.112. The number of nitrogens with zero attached hydrogens (tertiary/aromatic N) is 2. The van der Waals surface area contributed by atoms with Crippen molar-refractivity contribution in [1.82, 2.24) is 9.78 Å². The van der Waals surface area contributed by atoms with Crippen molar-refractivity contribution < 1.29 is 13.2 Å². The minimum Gasteiger partial charge on any atom is -0.326 e. The van der Waals surface area contributed by atoms with Crippen LogP contribution in [0.25, 0.3) is 0 Å². The summed E-state index contributed by atoms with van der Waals surface area (Å²) in [4.78, 5) is 11.0. The molecule has 0 saturated heterocycles. The fraction of sp³-hybridized carbons (Fsp3) is 0.231. The average molecular weight is 308 g/mol. The zero-order chi connectivity index (χ0) is 15.5. The second-order valence-electron chi connectivity index (χ2n) is 4.40. The molecule has 0 unspecified atom stereocenters. The van der Waals surface area contributed by atoms with Gasteiger partial charge in [0.25, 0.3) is 10.0 Å². The van der Waals surface area contributed by atoms with E-state index in [1.807, 2.05) is 6.92 Å². The highest BCUT2D eigenvalue weighted by atomic mass is 32.2. The van der Waals surface area contributed by atoms with Crippen LogP contribution in [0.3, 0.4) is 0 Å². The lowest BCUT2D eigenvalue weighted by Crippen LogP contribution is -2.13. The van der Waals surface area contributed by atoms with E-state index in [9.17, 15) is 13.2 Å². The molecule has 21 heavy (non-hydrogen) atoms. The summed E-state index contributed by atoms with van der Waals surface area (Å²) < 4.78 is 28.5. The fourth-order valence-electron chi connectivity index (χ4n) is 1.72. The molecule has 0 aliphatic rings. The third kappa shape index (κ3) is 3.82.